The summed E-state index contributed by atoms with van der Waals surface area (Å²) in [6.07, 6.45) is 3.35. The Kier molecular flexibility index (Phi) is 4.87. The van der Waals surface area contributed by atoms with Crippen molar-refractivity contribution in [2.45, 2.75) is 53.0 Å². The predicted octanol–water partition coefficient (Wildman–Crippen LogP) is 5.23. The average Bonchev–Trinajstić information content (AvgIpc) is 2.70. The van der Waals surface area contributed by atoms with Crippen LogP contribution in [-0.4, -0.2) is 6.04 Å². The van der Waals surface area contributed by atoms with E-state index in [9.17, 15) is 0 Å². The van der Waals surface area contributed by atoms with Crippen molar-refractivity contribution in [3.8, 4) is 0 Å². The lowest BCUT2D eigenvalue weighted by molar-refractivity contribution is 0.285. The van der Waals surface area contributed by atoms with Crippen LogP contribution in [-0.2, 0) is 6.42 Å². The molecule has 2 aromatic rings. The van der Waals surface area contributed by atoms with Crippen molar-refractivity contribution in [2.75, 3.05) is 0 Å². The van der Waals surface area contributed by atoms with E-state index in [-0.39, 0.29) is 6.04 Å². The highest BCUT2D eigenvalue weighted by molar-refractivity contribution is 7.17. The van der Waals surface area contributed by atoms with Crippen LogP contribution in [0.5, 0.6) is 0 Å². The second-order valence-corrected chi connectivity index (χ2v) is 8.24. The van der Waals surface area contributed by atoms with Crippen molar-refractivity contribution in [3.63, 3.8) is 0 Å². The maximum Gasteiger partial charge on any atom is 0.0345 e. The monoisotopic (exact) mass is 289 g/mol. The molecule has 0 saturated carbocycles. The van der Waals surface area contributed by atoms with Crippen LogP contribution in [0.3, 0.4) is 0 Å². The molecule has 0 radical (unpaired) electrons. The van der Waals surface area contributed by atoms with E-state index in [0.717, 1.165) is 12.8 Å². The molecule has 1 aromatic carbocycles. The molecule has 2 rings (SSSR count). The highest BCUT2D eigenvalue weighted by atomic mass is 32.1. The van der Waals surface area contributed by atoms with Crippen molar-refractivity contribution in [1.82, 2.24) is 0 Å². The van der Waals surface area contributed by atoms with Gasteiger partial charge in [-0.25, -0.2) is 0 Å². The predicted molar refractivity (Wildman–Crippen MR) is 91.4 cm³/mol. The summed E-state index contributed by atoms with van der Waals surface area (Å²) in [6, 6.07) is 8.90. The van der Waals surface area contributed by atoms with Crippen molar-refractivity contribution >= 4 is 21.4 Å². The van der Waals surface area contributed by atoms with Gasteiger partial charge in [0.2, 0.25) is 0 Å². The molecule has 1 heterocycles. The Bertz CT molecular complexity index is 550. The van der Waals surface area contributed by atoms with Gasteiger partial charge in [0, 0.05) is 10.7 Å². The van der Waals surface area contributed by atoms with Gasteiger partial charge in [-0.15, -0.1) is 11.3 Å². The second-order valence-electron chi connectivity index (χ2n) is 7.33. The summed E-state index contributed by atoms with van der Waals surface area (Å²) in [5.41, 5.74) is 8.20. The van der Waals surface area contributed by atoms with Crippen LogP contribution in [0.25, 0.3) is 10.1 Å². The third-order valence-corrected chi connectivity index (χ3v) is 4.72. The van der Waals surface area contributed by atoms with Gasteiger partial charge in [0.15, 0.2) is 0 Å². The zero-order valence-electron chi connectivity index (χ0n) is 13.1. The standard InChI is InChI=1S/C18H27NS/c1-13(11-18(2,3)4)9-15(19)10-14-12-20-17-8-6-5-7-16(14)17/h5-8,12-13,15H,9-11,19H2,1-4H3. The number of rotatable bonds is 5. The van der Waals surface area contributed by atoms with Crippen molar-refractivity contribution < 1.29 is 0 Å². The summed E-state index contributed by atoms with van der Waals surface area (Å²) in [4.78, 5) is 0. The minimum Gasteiger partial charge on any atom is -0.327 e. The maximum absolute atomic E-state index is 6.38. The van der Waals surface area contributed by atoms with E-state index in [2.05, 4.69) is 57.3 Å². The Morgan fingerprint density at radius 1 is 1.20 bits per heavy atom. The van der Waals surface area contributed by atoms with Gasteiger partial charge in [0.05, 0.1) is 0 Å². The molecule has 0 aliphatic rings. The zero-order chi connectivity index (χ0) is 14.8. The SMILES string of the molecule is CC(CC(N)Cc1csc2ccccc12)CC(C)(C)C. The summed E-state index contributed by atoms with van der Waals surface area (Å²) in [5, 5.41) is 3.66. The number of hydrogen-bond acceptors (Lipinski definition) is 2. The molecule has 20 heavy (non-hydrogen) atoms. The first-order valence-electron chi connectivity index (χ1n) is 7.56. The van der Waals surface area contributed by atoms with Crippen LogP contribution in [0.2, 0.25) is 0 Å². The highest BCUT2D eigenvalue weighted by Crippen LogP contribution is 2.29. The van der Waals surface area contributed by atoms with Crippen LogP contribution in [0, 0.1) is 11.3 Å². The smallest absolute Gasteiger partial charge is 0.0345 e. The molecule has 0 bridgehead atoms. The molecule has 2 unspecified atom stereocenters. The summed E-state index contributed by atoms with van der Waals surface area (Å²) in [7, 11) is 0. The van der Waals surface area contributed by atoms with Gasteiger partial charge in [-0.2, -0.15) is 0 Å². The molecule has 0 amide bonds. The topological polar surface area (TPSA) is 26.0 Å². The number of benzene rings is 1. The second kappa shape index (κ2) is 6.28. The maximum atomic E-state index is 6.38. The highest BCUT2D eigenvalue weighted by Gasteiger charge is 2.18. The van der Waals surface area contributed by atoms with Crippen LogP contribution in [0.15, 0.2) is 29.6 Å². The molecule has 0 aliphatic carbocycles. The number of hydrogen-bond donors (Lipinski definition) is 1. The molecule has 2 heteroatoms. The van der Waals surface area contributed by atoms with E-state index in [0.29, 0.717) is 11.3 Å². The van der Waals surface area contributed by atoms with Crippen LogP contribution < -0.4 is 5.73 Å². The Labute approximate surface area is 127 Å². The van der Waals surface area contributed by atoms with Gasteiger partial charge in [-0.1, -0.05) is 45.9 Å². The van der Waals surface area contributed by atoms with Gasteiger partial charge >= 0.3 is 0 Å². The molecular formula is C18H27NS. The number of thiophene rings is 1. The summed E-state index contributed by atoms with van der Waals surface area (Å²) < 4.78 is 1.37. The Hall–Kier alpha value is -0.860. The van der Waals surface area contributed by atoms with E-state index in [1.807, 2.05) is 11.3 Å². The Morgan fingerprint density at radius 2 is 1.90 bits per heavy atom. The van der Waals surface area contributed by atoms with Crippen LogP contribution >= 0.6 is 11.3 Å². The Balaban J connectivity index is 1.96. The van der Waals surface area contributed by atoms with Gasteiger partial charge in [0.25, 0.3) is 0 Å². The van der Waals surface area contributed by atoms with E-state index < -0.39 is 0 Å². The molecule has 0 fully saturated rings. The summed E-state index contributed by atoms with van der Waals surface area (Å²) >= 11 is 1.83. The third kappa shape index (κ3) is 4.32. The molecule has 0 aliphatic heterocycles. The first kappa shape index (κ1) is 15.5. The molecular weight excluding hydrogens is 262 g/mol. The first-order valence-corrected chi connectivity index (χ1v) is 8.44. The molecule has 1 nitrogen and oxygen atoms in total. The first-order chi connectivity index (χ1) is 9.35. The number of nitrogens with two attached hydrogens (primary N) is 1. The zero-order valence-corrected chi connectivity index (χ0v) is 14.0. The lowest BCUT2D eigenvalue weighted by Crippen LogP contribution is -2.26. The largest absolute Gasteiger partial charge is 0.327 e. The molecule has 2 N–H and O–H groups in total. The van der Waals surface area contributed by atoms with E-state index >= 15 is 0 Å². The van der Waals surface area contributed by atoms with Crippen molar-refractivity contribution in [2.24, 2.45) is 17.1 Å². The van der Waals surface area contributed by atoms with Crippen LogP contribution in [0.1, 0.15) is 46.1 Å². The Morgan fingerprint density at radius 3 is 2.60 bits per heavy atom. The fourth-order valence-corrected chi connectivity index (χ4v) is 4.18. The van der Waals surface area contributed by atoms with E-state index in [1.165, 1.54) is 22.1 Å². The quantitative estimate of drug-likeness (QED) is 0.801. The fourth-order valence-electron chi connectivity index (χ4n) is 3.20. The lowest BCUT2D eigenvalue weighted by atomic mass is 9.82. The molecule has 110 valence electrons. The van der Waals surface area contributed by atoms with Gasteiger partial charge in [-0.05, 0) is 53.0 Å². The van der Waals surface area contributed by atoms with E-state index in [1.54, 1.807) is 0 Å². The minimum absolute atomic E-state index is 0.269. The number of fused-ring (bicyclic) bond motifs is 1. The molecule has 0 saturated heterocycles. The summed E-state index contributed by atoms with van der Waals surface area (Å²) in [5.74, 6) is 0.690. The average molecular weight is 289 g/mol. The van der Waals surface area contributed by atoms with Gasteiger partial charge < -0.3 is 5.73 Å². The van der Waals surface area contributed by atoms with Crippen molar-refractivity contribution in [1.29, 1.82) is 0 Å². The molecule has 0 spiro atoms. The fraction of sp³-hybridized carbons (Fsp3) is 0.556. The molecule has 2 atom stereocenters. The van der Waals surface area contributed by atoms with E-state index in [4.69, 9.17) is 5.73 Å². The summed E-state index contributed by atoms with van der Waals surface area (Å²) in [6.45, 7) is 9.25. The van der Waals surface area contributed by atoms with Gasteiger partial charge in [-0.3, -0.25) is 0 Å². The lowest BCUT2D eigenvalue weighted by Gasteiger charge is -2.25. The normalized spacial score (nSPS) is 15.4. The minimum atomic E-state index is 0.269. The van der Waals surface area contributed by atoms with Gasteiger partial charge in [0.1, 0.15) is 0 Å². The third-order valence-electron chi connectivity index (χ3n) is 3.71. The van der Waals surface area contributed by atoms with Crippen molar-refractivity contribution in [3.05, 3.63) is 35.2 Å². The molecule has 1 aromatic heterocycles. The van der Waals surface area contributed by atoms with Crippen LogP contribution in [0.4, 0.5) is 0 Å².